The van der Waals surface area contributed by atoms with Gasteiger partial charge in [-0.3, -0.25) is 5.43 Å². The highest BCUT2D eigenvalue weighted by atomic mass is 35.5. The number of nitrogens with zero attached hydrogens (tertiary/aromatic N) is 3. The molecular weight excluding hydrogens is 427 g/mol. The second-order valence-corrected chi connectivity index (χ2v) is 7.38. The van der Waals surface area contributed by atoms with Gasteiger partial charge < -0.3 is 19.3 Å². The van der Waals surface area contributed by atoms with Crippen molar-refractivity contribution in [1.29, 1.82) is 0 Å². The minimum Gasteiger partial charge on any atom is -0.495 e. The molecule has 0 aromatic heterocycles. The first-order chi connectivity index (χ1) is 14.5. The van der Waals surface area contributed by atoms with Gasteiger partial charge in [0.1, 0.15) is 5.75 Å². The molecule has 0 amide bonds. The van der Waals surface area contributed by atoms with Crippen molar-refractivity contribution in [2.24, 2.45) is 5.10 Å². The first-order valence-corrected chi connectivity index (χ1v) is 10.4. The fourth-order valence-electron chi connectivity index (χ4n) is 3.19. The zero-order valence-corrected chi connectivity index (χ0v) is 18.4. The maximum absolute atomic E-state index is 12.5. The summed E-state index contributed by atoms with van der Waals surface area (Å²) >= 11 is 12.2. The molecule has 1 aliphatic rings. The molecule has 9 heteroatoms. The van der Waals surface area contributed by atoms with Gasteiger partial charge in [-0.15, -0.1) is 5.10 Å². The maximum Gasteiger partial charge on any atom is 0.375 e. The highest BCUT2D eigenvalue weighted by Crippen LogP contribution is 2.29. The summed E-state index contributed by atoms with van der Waals surface area (Å²) < 4.78 is 10.7. The van der Waals surface area contributed by atoms with Gasteiger partial charge in [0.25, 0.3) is 0 Å². The van der Waals surface area contributed by atoms with Crippen molar-refractivity contribution in [2.45, 2.75) is 6.92 Å². The van der Waals surface area contributed by atoms with Crippen molar-refractivity contribution in [2.75, 3.05) is 50.2 Å². The van der Waals surface area contributed by atoms with Crippen LogP contribution in [0.25, 0.3) is 0 Å². The molecule has 0 saturated carbocycles. The van der Waals surface area contributed by atoms with E-state index in [2.05, 4.69) is 15.4 Å². The summed E-state index contributed by atoms with van der Waals surface area (Å²) in [6.07, 6.45) is 0. The van der Waals surface area contributed by atoms with Crippen LogP contribution in [-0.4, -0.2) is 56.6 Å². The highest BCUT2D eigenvalue weighted by molar-refractivity contribution is 6.36. The van der Waals surface area contributed by atoms with E-state index in [0.717, 1.165) is 11.4 Å². The summed E-state index contributed by atoms with van der Waals surface area (Å²) in [4.78, 5) is 16.7. The predicted octanol–water partition coefficient (Wildman–Crippen LogP) is 4.11. The van der Waals surface area contributed by atoms with Gasteiger partial charge in [-0.25, -0.2) is 4.79 Å². The van der Waals surface area contributed by atoms with E-state index in [9.17, 15) is 4.79 Å². The fraction of sp³-hybridized carbons (Fsp3) is 0.333. The smallest absolute Gasteiger partial charge is 0.375 e. The normalized spacial score (nSPS) is 14.5. The maximum atomic E-state index is 12.5. The Kier molecular flexibility index (Phi) is 7.65. The lowest BCUT2D eigenvalue weighted by atomic mass is 10.2. The van der Waals surface area contributed by atoms with Gasteiger partial charge in [0, 0.05) is 31.2 Å². The average Bonchev–Trinajstić information content (AvgIpc) is 2.77. The molecule has 1 heterocycles. The van der Waals surface area contributed by atoms with E-state index in [1.165, 1.54) is 0 Å². The van der Waals surface area contributed by atoms with Gasteiger partial charge in [0.05, 0.1) is 30.1 Å². The molecule has 1 N–H and O–H groups in total. The molecule has 160 valence electrons. The average molecular weight is 451 g/mol. The summed E-state index contributed by atoms with van der Waals surface area (Å²) in [5.41, 5.74) is 4.39. The molecule has 0 spiro atoms. The standard InChI is InChI=1S/C21H24Cl2N4O3/c1-3-30-21(28)20(25-24-17-14-15(22)8-9-16(17)23)27-12-10-26(11-13-27)18-6-4-5-7-19(18)29-2/h4-9,14,24H,3,10-13H2,1-2H3/b25-20+. The lowest BCUT2D eigenvalue weighted by molar-refractivity contribution is -0.135. The van der Waals surface area contributed by atoms with E-state index in [1.54, 1.807) is 32.2 Å². The number of methoxy groups -OCH3 is 1. The number of piperazine rings is 1. The van der Waals surface area contributed by atoms with E-state index in [0.29, 0.717) is 41.9 Å². The van der Waals surface area contributed by atoms with Crippen molar-refractivity contribution in [1.82, 2.24) is 4.90 Å². The number of hydrogen-bond donors (Lipinski definition) is 1. The number of hydrogen-bond acceptors (Lipinski definition) is 6. The van der Waals surface area contributed by atoms with Gasteiger partial charge in [-0.05, 0) is 37.3 Å². The van der Waals surface area contributed by atoms with E-state index in [-0.39, 0.29) is 12.4 Å². The first kappa shape index (κ1) is 22.1. The second-order valence-electron chi connectivity index (χ2n) is 6.54. The van der Waals surface area contributed by atoms with Crippen LogP contribution in [0.15, 0.2) is 47.6 Å². The van der Waals surface area contributed by atoms with Gasteiger partial charge in [0.15, 0.2) is 0 Å². The topological polar surface area (TPSA) is 66.4 Å². The van der Waals surface area contributed by atoms with Gasteiger partial charge >= 0.3 is 5.97 Å². The van der Waals surface area contributed by atoms with Crippen LogP contribution in [0, 0.1) is 0 Å². The van der Waals surface area contributed by atoms with Crippen LogP contribution in [0.2, 0.25) is 10.0 Å². The van der Waals surface area contributed by atoms with Crippen LogP contribution >= 0.6 is 23.2 Å². The minimum absolute atomic E-state index is 0.201. The largest absolute Gasteiger partial charge is 0.495 e. The third-order valence-electron chi connectivity index (χ3n) is 4.67. The summed E-state index contributed by atoms with van der Waals surface area (Å²) in [7, 11) is 1.66. The number of amidine groups is 1. The number of benzene rings is 2. The lowest BCUT2D eigenvalue weighted by Gasteiger charge is -2.37. The number of ether oxygens (including phenoxy) is 2. The molecule has 0 aliphatic carbocycles. The molecule has 3 rings (SSSR count). The summed E-state index contributed by atoms with van der Waals surface area (Å²) in [6, 6.07) is 12.9. The van der Waals surface area contributed by atoms with Crippen molar-refractivity contribution in [3.05, 3.63) is 52.5 Å². The van der Waals surface area contributed by atoms with Crippen molar-refractivity contribution >= 4 is 46.4 Å². The van der Waals surface area contributed by atoms with Crippen molar-refractivity contribution in [3.63, 3.8) is 0 Å². The van der Waals surface area contributed by atoms with Gasteiger partial charge in [-0.2, -0.15) is 0 Å². The monoisotopic (exact) mass is 450 g/mol. The molecule has 30 heavy (non-hydrogen) atoms. The van der Waals surface area contributed by atoms with E-state index >= 15 is 0 Å². The van der Waals surface area contributed by atoms with Crippen LogP contribution < -0.4 is 15.1 Å². The van der Waals surface area contributed by atoms with Crippen LogP contribution in [0.5, 0.6) is 5.75 Å². The third-order valence-corrected chi connectivity index (χ3v) is 5.24. The highest BCUT2D eigenvalue weighted by Gasteiger charge is 2.26. The fourth-order valence-corrected chi connectivity index (χ4v) is 3.52. The number of hydrazone groups is 1. The Morgan fingerprint density at radius 2 is 1.87 bits per heavy atom. The molecular formula is C21H24Cl2N4O3. The number of anilines is 2. The third kappa shape index (κ3) is 5.29. The molecule has 0 bridgehead atoms. The van der Waals surface area contributed by atoms with Crippen LogP contribution in [0.4, 0.5) is 11.4 Å². The van der Waals surface area contributed by atoms with Crippen LogP contribution in [0.1, 0.15) is 6.92 Å². The Balaban J connectivity index is 1.75. The Hall–Kier alpha value is -2.64. The molecule has 0 unspecified atom stereocenters. The summed E-state index contributed by atoms with van der Waals surface area (Å²) in [5.74, 6) is 0.531. The molecule has 1 saturated heterocycles. The summed E-state index contributed by atoms with van der Waals surface area (Å²) in [6.45, 7) is 4.63. The Morgan fingerprint density at radius 1 is 1.13 bits per heavy atom. The number of halogens is 2. The predicted molar refractivity (Wildman–Crippen MR) is 121 cm³/mol. The number of para-hydroxylation sites is 2. The van der Waals surface area contributed by atoms with E-state index < -0.39 is 5.97 Å². The molecule has 2 aromatic rings. The number of carbonyl (C=O) groups is 1. The van der Waals surface area contributed by atoms with Gasteiger partial charge in [-0.1, -0.05) is 35.3 Å². The quantitative estimate of drug-likeness (QED) is 0.320. The Labute approximate surface area is 186 Å². The second kappa shape index (κ2) is 10.4. The van der Waals surface area contributed by atoms with E-state index in [4.69, 9.17) is 32.7 Å². The summed E-state index contributed by atoms with van der Waals surface area (Å²) in [5, 5.41) is 5.27. The first-order valence-electron chi connectivity index (χ1n) is 9.62. The van der Waals surface area contributed by atoms with Crippen LogP contribution in [0.3, 0.4) is 0 Å². The molecule has 7 nitrogen and oxygen atoms in total. The Morgan fingerprint density at radius 3 is 2.57 bits per heavy atom. The zero-order valence-electron chi connectivity index (χ0n) is 16.9. The number of nitrogens with one attached hydrogen (secondary N) is 1. The number of rotatable bonds is 5. The minimum atomic E-state index is -0.492. The van der Waals surface area contributed by atoms with E-state index in [1.807, 2.05) is 29.2 Å². The molecule has 0 atom stereocenters. The SMILES string of the molecule is CCOC(=O)/C(=N\Nc1cc(Cl)ccc1Cl)N1CCN(c2ccccc2OC)CC1. The molecule has 2 aromatic carbocycles. The molecule has 0 radical (unpaired) electrons. The molecule has 1 fully saturated rings. The van der Waals surface area contributed by atoms with Crippen LogP contribution in [-0.2, 0) is 9.53 Å². The van der Waals surface area contributed by atoms with Crippen molar-refractivity contribution in [3.8, 4) is 5.75 Å². The zero-order chi connectivity index (χ0) is 21.5. The number of carbonyl (C=O) groups excluding carboxylic acids is 1. The molecule has 1 aliphatic heterocycles. The lowest BCUT2D eigenvalue weighted by Crippen LogP contribution is -2.51. The Bertz CT molecular complexity index is 915. The van der Waals surface area contributed by atoms with Gasteiger partial charge in [0.2, 0.25) is 5.84 Å². The number of esters is 1. The van der Waals surface area contributed by atoms with Crippen molar-refractivity contribution < 1.29 is 14.3 Å².